The van der Waals surface area contributed by atoms with Gasteiger partial charge in [0.2, 0.25) is 0 Å². The van der Waals surface area contributed by atoms with E-state index in [1.165, 1.54) is 0 Å². The molecule has 0 bridgehead atoms. The Kier molecular flexibility index (Phi) is 5.85. The summed E-state index contributed by atoms with van der Waals surface area (Å²) in [5.74, 6) is 0.824. The van der Waals surface area contributed by atoms with E-state index in [1.54, 1.807) is 19.1 Å². The van der Waals surface area contributed by atoms with Crippen molar-refractivity contribution < 1.29 is 9.66 Å². The number of nitrogens with zero attached hydrogens (tertiary/aromatic N) is 3. The van der Waals surface area contributed by atoms with Crippen LogP contribution in [0.15, 0.2) is 42.5 Å². The molecular formula is C20H25N3O3. The third-order valence-electron chi connectivity index (χ3n) is 4.87. The molecule has 0 unspecified atom stereocenters. The summed E-state index contributed by atoms with van der Waals surface area (Å²) in [5.41, 5.74) is 2.60. The van der Waals surface area contributed by atoms with E-state index in [1.807, 2.05) is 30.3 Å². The first-order valence-electron chi connectivity index (χ1n) is 8.92. The molecular weight excluding hydrogens is 330 g/mol. The van der Waals surface area contributed by atoms with Crippen LogP contribution in [0.4, 0.5) is 5.69 Å². The molecule has 0 radical (unpaired) electrons. The van der Waals surface area contributed by atoms with Gasteiger partial charge < -0.3 is 9.64 Å². The number of aryl methyl sites for hydroxylation is 1. The normalized spacial score (nSPS) is 15.8. The SMILES string of the molecule is Cc1ccc(-c2ccc(OCCN3CCN(C)CC3)cc2)cc1[N+](=O)[O-]. The van der Waals surface area contributed by atoms with Gasteiger partial charge >= 0.3 is 0 Å². The summed E-state index contributed by atoms with van der Waals surface area (Å²) in [6.07, 6.45) is 0. The maximum Gasteiger partial charge on any atom is 0.272 e. The number of benzene rings is 2. The molecule has 6 heteroatoms. The summed E-state index contributed by atoms with van der Waals surface area (Å²) in [6.45, 7) is 7.74. The molecule has 2 aromatic carbocycles. The van der Waals surface area contributed by atoms with E-state index in [2.05, 4.69) is 16.8 Å². The van der Waals surface area contributed by atoms with Crippen molar-refractivity contribution in [3.05, 3.63) is 58.1 Å². The van der Waals surface area contributed by atoms with E-state index >= 15 is 0 Å². The minimum Gasteiger partial charge on any atom is -0.492 e. The number of hydrogen-bond acceptors (Lipinski definition) is 5. The third-order valence-corrected chi connectivity index (χ3v) is 4.87. The molecule has 2 aromatic rings. The lowest BCUT2D eigenvalue weighted by molar-refractivity contribution is -0.385. The molecule has 0 aromatic heterocycles. The highest BCUT2D eigenvalue weighted by molar-refractivity contribution is 5.68. The topological polar surface area (TPSA) is 58.8 Å². The Morgan fingerprint density at radius 2 is 1.69 bits per heavy atom. The number of rotatable bonds is 6. The minimum absolute atomic E-state index is 0.148. The van der Waals surface area contributed by atoms with E-state index in [4.69, 9.17) is 4.74 Å². The molecule has 0 spiro atoms. The summed E-state index contributed by atoms with van der Waals surface area (Å²) in [7, 11) is 2.15. The van der Waals surface area contributed by atoms with Crippen molar-refractivity contribution in [2.75, 3.05) is 46.4 Å². The number of nitro benzene ring substituents is 1. The number of likely N-dealkylation sites (N-methyl/N-ethyl adjacent to an activating group) is 1. The first-order chi connectivity index (χ1) is 12.5. The number of hydrogen-bond donors (Lipinski definition) is 0. The van der Waals surface area contributed by atoms with Crippen molar-refractivity contribution in [1.29, 1.82) is 0 Å². The Hall–Kier alpha value is -2.44. The molecule has 1 saturated heterocycles. The quantitative estimate of drug-likeness (QED) is 0.588. The zero-order valence-corrected chi connectivity index (χ0v) is 15.4. The zero-order valence-electron chi connectivity index (χ0n) is 15.4. The molecule has 1 heterocycles. The van der Waals surface area contributed by atoms with Crippen LogP contribution in [0.3, 0.4) is 0 Å². The van der Waals surface area contributed by atoms with Crippen LogP contribution in [-0.2, 0) is 0 Å². The Balaban J connectivity index is 1.57. The highest BCUT2D eigenvalue weighted by Crippen LogP contribution is 2.28. The van der Waals surface area contributed by atoms with Crippen molar-refractivity contribution in [3.8, 4) is 16.9 Å². The second-order valence-electron chi connectivity index (χ2n) is 6.78. The molecule has 0 N–H and O–H groups in total. The first-order valence-corrected chi connectivity index (χ1v) is 8.92. The first kappa shape index (κ1) is 18.4. The van der Waals surface area contributed by atoms with E-state index in [-0.39, 0.29) is 10.6 Å². The van der Waals surface area contributed by atoms with Gasteiger partial charge in [-0.1, -0.05) is 24.3 Å². The molecule has 26 heavy (non-hydrogen) atoms. The molecule has 138 valence electrons. The predicted octanol–water partition coefficient (Wildman–Crippen LogP) is 3.20. The molecule has 1 fully saturated rings. The third kappa shape index (κ3) is 4.59. The van der Waals surface area contributed by atoms with Crippen LogP contribution in [0.25, 0.3) is 11.1 Å². The van der Waals surface area contributed by atoms with Crippen LogP contribution in [0.5, 0.6) is 5.75 Å². The van der Waals surface area contributed by atoms with Gasteiger partial charge in [-0.15, -0.1) is 0 Å². The second-order valence-corrected chi connectivity index (χ2v) is 6.78. The molecule has 0 amide bonds. The largest absolute Gasteiger partial charge is 0.492 e. The molecule has 0 atom stereocenters. The summed E-state index contributed by atoms with van der Waals surface area (Å²) < 4.78 is 5.84. The van der Waals surface area contributed by atoms with Crippen molar-refractivity contribution in [2.24, 2.45) is 0 Å². The number of ether oxygens (including phenoxy) is 1. The second kappa shape index (κ2) is 8.29. The molecule has 0 aliphatic carbocycles. The Bertz CT molecular complexity index is 753. The van der Waals surface area contributed by atoms with Gasteiger partial charge in [0.05, 0.1) is 4.92 Å². The van der Waals surface area contributed by atoms with Crippen LogP contribution < -0.4 is 4.74 Å². The van der Waals surface area contributed by atoms with Crippen LogP contribution in [0.2, 0.25) is 0 Å². The molecule has 6 nitrogen and oxygen atoms in total. The Morgan fingerprint density at radius 1 is 1.04 bits per heavy atom. The summed E-state index contributed by atoms with van der Waals surface area (Å²) in [6, 6.07) is 13.0. The van der Waals surface area contributed by atoms with Gasteiger partial charge in [-0.05, 0) is 37.2 Å². The highest BCUT2D eigenvalue weighted by Gasteiger charge is 2.14. The lowest BCUT2D eigenvalue weighted by atomic mass is 10.0. The fourth-order valence-electron chi connectivity index (χ4n) is 3.09. The lowest BCUT2D eigenvalue weighted by Crippen LogP contribution is -2.45. The van der Waals surface area contributed by atoms with Crippen molar-refractivity contribution in [3.63, 3.8) is 0 Å². The van der Waals surface area contributed by atoms with Gasteiger partial charge in [-0.2, -0.15) is 0 Å². The Labute approximate surface area is 154 Å². The molecule has 1 aliphatic rings. The maximum atomic E-state index is 11.1. The highest BCUT2D eigenvalue weighted by atomic mass is 16.6. The summed E-state index contributed by atoms with van der Waals surface area (Å²) in [5, 5.41) is 11.1. The van der Waals surface area contributed by atoms with Gasteiger partial charge in [0.1, 0.15) is 12.4 Å². The fraction of sp³-hybridized carbons (Fsp3) is 0.400. The van der Waals surface area contributed by atoms with Crippen LogP contribution >= 0.6 is 0 Å². The number of piperazine rings is 1. The Morgan fingerprint density at radius 3 is 2.35 bits per heavy atom. The van der Waals surface area contributed by atoms with Crippen molar-refractivity contribution in [1.82, 2.24) is 9.80 Å². The number of nitro groups is 1. The van der Waals surface area contributed by atoms with E-state index in [0.717, 1.165) is 49.6 Å². The van der Waals surface area contributed by atoms with Crippen molar-refractivity contribution >= 4 is 5.69 Å². The van der Waals surface area contributed by atoms with Crippen LogP contribution in [0, 0.1) is 17.0 Å². The zero-order chi connectivity index (χ0) is 18.5. The standard InChI is InChI=1S/C20H25N3O3/c1-16-3-4-18(15-20(16)23(24)25)17-5-7-19(8-6-17)26-14-13-22-11-9-21(2)10-12-22/h3-8,15H,9-14H2,1-2H3. The minimum atomic E-state index is -0.339. The van der Waals surface area contributed by atoms with Gasteiger partial charge in [-0.3, -0.25) is 15.0 Å². The maximum absolute atomic E-state index is 11.1. The van der Waals surface area contributed by atoms with Crippen LogP contribution in [0.1, 0.15) is 5.56 Å². The smallest absolute Gasteiger partial charge is 0.272 e. The van der Waals surface area contributed by atoms with Crippen LogP contribution in [-0.4, -0.2) is 61.1 Å². The van der Waals surface area contributed by atoms with E-state index in [0.29, 0.717) is 12.2 Å². The average Bonchev–Trinajstić information content (AvgIpc) is 2.64. The van der Waals surface area contributed by atoms with E-state index < -0.39 is 0 Å². The molecule has 3 rings (SSSR count). The fourth-order valence-corrected chi connectivity index (χ4v) is 3.09. The lowest BCUT2D eigenvalue weighted by Gasteiger charge is -2.32. The van der Waals surface area contributed by atoms with Gasteiger partial charge in [-0.25, -0.2) is 0 Å². The van der Waals surface area contributed by atoms with Gasteiger partial charge in [0.15, 0.2) is 0 Å². The van der Waals surface area contributed by atoms with E-state index in [9.17, 15) is 10.1 Å². The summed E-state index contributed by atoms with van der Waals surface area (Å²) >= 11 is 0. The van der Waals surface area contributed by atoms with Crippen molar-refractivity contribution in [2.45, 2.75) is 6.92 Å². The molecule has 1 aliphatic heterocycles. The monoisotopic (exact) mass is 355 g/mol. The summed E-state index contributed by atoms with van der Waals surface area (Å²) in [4.78, 5) is 15.5. The van der Waals surface area contributed by atoms with Gasteiger partial charge in [0.25, 0.3) is 5.69 Å². The van der Waals surface area contributed by atoms with Gasteiger partial charge in [0, 0.05) is 44.4 Å². The average molecular weight is 355 g/mol. The predicted molar refractivity (Wildman–Crippen MR) is 103 cm³/mol. The molecule has 0 saturated carbocycles.